The van der Waals surface area contributed by atoms with Gasteiger partial charge < -0.3 is 14.8 Å². The Balaban J connectivity index is 1.91. The molecular weight excluding hydrogens is 250 g/mol. The van der Waals surface area contributed by atoms with E-state index in [2.05, 4.69) is 23.5 Å². The fourth-order valence-corrected chi connectivity index (χ4v) is 2.65. The second-order valence-corrected chi connectivity index (χ2v) is 5.16. The van der Waals surface area contributed by atoms with Gasteiger partial charge in [-0.05, 0) is 44.7 Å². The summed E-state index contributed by atoms with van der Waals surface area (Å²) in [5.74, 6) is 2.45. The fraction of sp³-hybridized carbons (Fsp3) is 0.529. The molecule has 0 saturated carbocycles. The Morgan fingerprint density at radius 1 is 1.30 bits per heavy atom. The van der Waals surface area contributed by atoms with E-state index in [-0.39, 0.29) is 0 Å². The van der Waals surface area contributed by atoms with Crippen molar-refractivity contribution in [1.82, 2.24) is 5.32 Å². The molecule has 0 saturated heterocycles. The minimum atomic E-state index is 0.654. The monoisotopic (exact) mass is 275 g/mol. The van der Waals surface area contributed by atoms with Crippen molar-refractivity contribution in [3.05, 3.63) is 35.9 Å². The van der Waals surface area contributed by atoms with Crippen LogP contribution in [0.2, 0.25) is 0 Å². The maximum absolute atomic E-state index is 5.60. The average molecular weight is 275 g/mol. The topological polar surface area (TPSA) is 30.5 Å². The molecular formula is C17H25NO2. The van der Waals surface area contributed by atoms with Crippen LogP contribution in [0.15, 0.2) is 30.4 Å². The molecule has 3 heteroatoms. The van der Waals surface area contributed by atoms with E-state index in [4.69, 9.17) is 9.47 Å². The predicted molar refractivity (Wildman–Crippen MR) is 82.4 cm³/mol. The molecule has 0 heterocycles. The molecule has 0 radical (unpaired) electrons. The van der Waals surface area contributed by atoms with Crippen molar-refractivity contribution in [2.75, 3.05) is 20.3 Å². The predicted octanol–water partition coefficient (Wildman–Crippen LogP) is 3.54. The quantitative estimate of drug-likeness (QED) is 0.772. The number of benzene rings is 1. The van der Waals surface area contributed by atoms with Crippen molar-refractivity contribution in [2.45, 2.75) is 32.7 Å². The molecule has 110 valence electrons. The van der Waals surface area contributed by atoms with Crippen LogP contribution in [-0.2, 0) is 6.54 Å². The summed E-state index contributed by atoms with van der Waals surface area (Å²) in [5, 5.41) is 3.55. The van der Waals surface area contributed by atoms with Crippen molar-refractivity contribution in [3.8, 4) is 11.5 Å². The molecule has 1 aromatic rings. The van der Waals surface area contributed by atoms with E-state index in [0.717, 1.165) is 36.1 Å². The highest BCUT2D eigenvalue weighted by atomic mass is 16.5. The fourth-order valence-electron chi connectivity index (χ4n) is 2.65. The highest BCUT2D eigenvalue weighted by molar-refractivity contribution is 5.46. The van der Waals surface area contributed by atoms with E-state index in [1.165, 1.54) is 19.3 Å². The van der Waals surface area contributed by atoms with Crippen LogP contribution >= 0.6 is 0 Å². The van der Waals surface area contributed by atoms with E-state index in [1.807, 2.05) is 19.1 Å². The zero-order valence-electron chi connectivity index (χ0n) is 12.5. The van der Waals surface area contributed by atoms with Crippen LogP contribution in [0.4, 0.5) is 0 Å². The molecule has 20 heavy (non-hydrogen) atoms. The number of para-hydroxylation sites is 1. The third-order valence-corrected chi connectivity index (χ3v) is 3.69. The second-order valence-electron chi connectivity index (χ2n) is 5.16. The smallest absolute Gasteiger partial charge is 0.165 e. The number of hydrogen-bond donors (Lipinski definition) is 1. The number of allylic oxidation sites excluding steroid dienone is 2. The van der Waals surface area contributed by atoms with Gasteiger partial charge in [0.25, 0.3) is 0 Å². The number of methoxy groups -OCH3 is 1. The van der Waals surface area contributed by atoms with Gasteiger partial charge in [0, 0.05) is 12.1 Å². The first-order valence-electron chi connectivity index (χ1n) is 7.49. The maximum atomic E-state index is 5.60. The Bertz CT molecular complexity index is 443. The van der Waals surface area contributed by atoms with Gasteiger partial charge in [0.1, 0.15) is 0 Å². The minimum Gasteiger partial charge on any atom is -0.493 e. The highest BCUT2D eigenvalue weighted by Crippen LogP contribution is 2.31. The van der Waals surface area contributed by atoms with Crippen molar-refractivity contribution >= 4 is 0 Å². The first kappa shape index (κ1) is 14.9. The average Bonchev–Trinajstić information content (AvgIpc) is 2.49. The van der Waals surface area contributed by atoms with Gasteiger partial charge in [-0.1, -0.05) is 24.3 Å². The molecule has 1 N–H and O–H groups in total. The van der Waals surface area contributed by atoms with Crippen LogP contribution in [0.25, 0.3) is 0 Å². The minimum absolute atomic E-state index is 0.654. The lowest BCUT2D eigenvalue weighted by Crippen LogP contribution is -2.23. The summed E-state index contributed by atoms with van der Waals surface area (Å²) >= 11 is 0. The van der Waals surface area contributed by atoms with Gasteiger partial charge in [0.2, 0.25) is 0 Å². The zero-order valence-corrected chi connectivity index (χ0v) is 12.5. The summed E-state index contributed by atoms with van der Waals surface area (Å²) in [7, 11) is 1.70. The van der Waals surface area contributed by atoms with Crippen LogP contribution in [0.3, 0.4) is 0 Å². The van der Waals surface area contributed by atoms with E-state index >= 15 is 0 Å². The van der Waals surface area contributed by atoms with Crippen LogP contribution in [0, 0.1) is 5.92 Å². The molecule has 1 atom stereocenters. The summed E-state index contributed by atoms with van der Waals surface area (Å²) in [6, 6.07) is 6.07. The molecule has 0 bridgehead atoms. The third kappa shape index (κ3) is 4.01. The van der Waals surface area contributed by atoms with E-state index < -0.39 is 0 Å². The Kier molecular flexibility index (Phi) is 5.93. The first-order chi connectivity index (χ1) is 9.85. The molecule has 0 spiro atoms. The first-order valence-corrected chi connectivity index (χ1v) is 7.49. The second kappa shape index (κ2) is 7.95. The summed E-state index contributed by atoms with van der Waals surface area (Å²) in [4.78, 5) is 0. The third-order valence-electron chi connectivity index (χ3n) is 3.69. The van der Waals surface area contributed by atoms with Gasteiger partial charge in [-0.15, -0.1) is 0 Å². The van der Waals surface area contributed by atoms with Gasteiger partial charge in [-0.25, -0.2) is 0 Å². The Morgan fingerprint density at radius 3 is 2.90 bits per heavy atom. The van der Waals surface area contributed by atoms with Crippen molar-refractivity contribution < 1.29 is 9.47 Å². The lowest BCUT2D eigenvalue weighted by atomic mass is 9.94. The lowest BCUT2D eigenvalue weighted by Gasteiger charge is -2.19. The molecule has 0 amide bonds. The van der Waals surface area contributed by atoms with Crippen LogP contribution < -0.4 is 14.8 Å². The molecule has 1 aliphatic carbocycles. The molecule has 1 unspecified atom stereocenters. The van der Waals surface area contributed by atoms with Gasteiger partial charge >= 0.3 is 0 Å². The van der Waals surface area contributed by atoms with E-state index in [0.29, 0.717) is 6.61 Å². The molecule has 0 aromatic heterocycles. The van der Waals surface area contributed by atoms with Gasteiger partial charge in [-0.3, -0.25) is 0 Å². The number of hydrogen-bond acceptors (Lipinski definition) is 3. The maximum Gasteiger partial charge on any atom is 0.165 e. The van der Waals surface area contributed by atoms with Crippen LogP contribution in [0.1, 0.15) is 31.7 Å². The molecule has 1 aliphatic rings. The molecule has 0 aliphatic heterocycles. The van der Waals surface area contributed by atoms with Gasteiger partial charge in [0.15, 0.2) is 11.5 Å². The van der Waals surface area contributed by atoms with Gasteiger partial charge in [0.05, 0.1) is 13.7 Å². The van der Waals surface area contributed by atoms with Crippen molar-refractivity contribution in [2.24, 2.45) is 5.92 Å². The molecule has 0 fully saturated rings. The standard InChI is InChI=1S/C17H25NO2/c1-3-20-16-11-7-10-15(17(16)19-2)13-18-12-14-8-5-4-6-9-14/h4-5,7,10-11,14,18H,3,6,8-9,12-13H2,1-2H3. The Hall–Kier alpha value is -1.48. The van der Waals surface area contributed by atoms with E-state index in [1.54, 1.807) is 7.11 Å². The Morgan fingerprint density at radius 2 is 2.20 bits per heavy atom. The van der Waals surface area contributed by atoms with Crippen molar-refractivity contribution in [3.63, 3.8) is 0 Å². The van der Waals surface area contributed by atoms with Crippen LogP contribution in [0.5, 0.6) is 11.5 Å². The highest BCUT2D eigenvalue weighted by Gasteiger charge is 2.12. The lowest BCUT2D eigenvalue weighted by molar-refractivity contribution is 0.308. The summed E-state index contributed by atoms with van der Waals surface area (Å²) in [6.07, 6.45) is 8.29. The number of rotatable bonds is 7. The van der Waals surface area contributed by atoms with Crippen molar-refractivity contribution in [1.29, 1.82) is 0 Å². The normalized spacial score (nSPS) is 18.0. The molecule has 1 aromatic carbocycles. The van der Waals surface area contributed by atoms with Crippen LogP contribution in [-0.4, -0.2) is 20.3 Å². The Labute approximate surface area is 122 Å². The molecule has 2 rings (SSSR count). The number of ether oxygens (including phenoxy) is 2. The number of nitrogens with one attached hydrogen (secondary N) is 1. The molecule has 3 nitrogen and oxygen atoms in total. The SMILES string of the molecule is CCOc1cccc(CNCC2CC=CCC2)c1OC. The summed E-state index contributed by atoms with van der Waals surface area (Å²) < 4.78 is 11.1. The largest absolute Gasteiger partial charge is 0.493 e. The summed E-state index contributed by atoms with van der Waals surface area (Å²) in [6.45, 7) is 4.53. The van der Waals surface area contributed by atoms with Gasteiger partial charge in [-0.2, -0.15) is 0 Å². The zero-order chi connectivity index (χ0) is 14.2. The summed E-state index contributed by atoms with van der Waals surface area (Å²) in [5.41, 5.74) is 1.16. The van der Waals surface area contributed by atoms with E-state index in [9.17, 15) is 0 Å².